The zero-order valence-corrected chi connectivity index (χ0v) is 10.3. The number of phosphoric ester groups is 1. The number of non-ortho nitro benzene ring substituents is 1. The molecule has 1 aromatic carbocycles. The molecule has 1 atom stereocenters. The minimum Gasteiger partial charge on any atom is -0.404 e. The van der Waals surface area contributed by atoms with Crippen molar-refractivity contribution in [3.63, 3.8) is 0 Å². The highest BCUT2D eigenvalue weighted by Crippen LogP contribution is 2.42. The molecule has 3 N–H and O–H groups in total. The SMILES string of the molecule is CCC(O)c1cc([N+](=O)[O-])ccc1OP(=O)(O)O. The highest BCUT2D eigenvalue weighted by Gasteiger charge is 2.23. The standard InChI is InChI=1S/C9H12NO7P/c1-2-8(11)7-5-6(10(12)13)3-4-9(7)17-18(14,15)16/h3-5,8,11H,2H2,1H3,(H2,14,15,16). The second-order valence-electron chi connectivity index (χ2n) is 3.49. The monoisotopic (exact) mass is 277 g/mol. The lowest BCUT2D eigenvalue weighted by Crippen LogP contribution is -2.02. The molecule has 100 valence electrons. The molecule has 0 fully saturated rings. The fraction of sp³-hybridized carbons (Fsp3) is 0.333. The number of nitro benzene ring substituents is 1. The Hall–Kier alpha value is -1.47. The van der Waals surface area contributed by atoms with Gasteiger partial charge in [-0.05, 0) is 12.5 Å². The van der Waals surface area contributed by atoms with Crippen LogP contribution in [0.15, 0.2) is 18.2 Å². The van der Waals surface area contributed by atoms with E-state index in [4.69, 9.17) is 9.79 Å². The molecule has 0 bridgehead atoms. The minimum absolute atomic E-state index is 0.0324. The van der Waals surface area contributed by atoms with Crippen molar-refractivity contribution in [3.8, 4) is 5.75 Å². The predicted molar refractivity (Wildman–Crippen MR) is 61.0 cm³/mol. The molecule has 0 heterocycles. The van der Waals surface area contributed by atoms with E-state index in [-0.39, 0.29) is 23.4 Å². The molecular formula is C9H12NO7P. The quantitative estimate of drug-likeness (QED) is 0.422. The van der Waals surface area contributed by atoms with E-state index in [0.29, 0.717) is 0 Å². The average Bonchev–Trinajstić information content (AvgIpc) is 2.26. The van der Waals surface area contributed by atoms with Gasteiger partial charge >= 0.3 is 7.82 Å². The maximum Gasteiger partial charge on any atom is 0.524 e. The summed E-state index contributed by atoms with van der Waals surface area (Å²) in [4.78, 5) is 27.3. The van der Waals surface area contributed by atoms with Gasteiger partial charge in [-0.3, -0.25) is 19.9 Å². The summed E-state index contributed by atoms with van der Waals surface area (Å²) in [6.07, 6.45) is -0.884. The Morgan fingerprint density at radius 1 is 1.50 bits per heavy atom. The number of hydrogen-bond donors (Lipinski definition) is 3. The molecule has 1 aromatic rings. The summed E-state index contributed by atoms with van der Waals surface area (Å²) in [5.74, 6) is -0.275. The van der Waals surface area contributed by atoms with Crippen LogP contribution in [0.1, 0.15) is 25.0 Å². The second kappa shape index (κ2) is 5.45. The molecule has 0 aliphatic rings. The van der Waals surface area contributed by atoms with Gasteiger partial charge in [0.25, 0.3) is 5.69 Å². The van der Waals surface area contributed by atoms with E-state index in [9.17, 15) is 19.8 Å². The Morgan fingerprint density at radius 2 is 2.11 bits per heavy atom. The molecule has 0 spiro atoms. The predicted octanol–water partition coefficient (Wildman–Crippen LogP) is 1.51. The number of benzene rings is 1. The molecule has 9 heteroatoms. The average molecular weight is 277 g/mol. The second-order valence-corrected chi connectivity index (χ2v) is 4.65. The largest absolute Gasteiger partial charge is 0.524 e. The van der Waals surface area contributed by atoms with E-state index in [2.05, 4.69) is 4.52 Å². The van der Waals surface area contributed by atoms with Crippen molar-refractivity contribution in [2.75, 3.05) is 0 Å². The molecule has 18 heavy (non-hydrogen) atoms. The first-order valence-electron chi connectivity index (χ1n) is 4.96. The number of aliphatic hydroxyl groups excluding tert-OH is 1. The van der Waals surface area contributed by atoms with Crippen molar-refractivity contribution in [1.29, 1.82) is 0 Å². The van der Waals surface area contributed by atoms with Crippen LogP contribution in [0.5, 0.6) is 5.75 Å². The van der Waals surface area contributed by atoms with Gasteiger partial charge in [-0.2, -0.15) is 0 Å². The first-order valence-corrected chi connectivity index (χ1v) is 6.49. The Kier molecular flexibility index (Phi) is 4.42. The van der Waals surface area contributed by atoms with E-state index in [1.807, 2.05) is 0 Å². The van der Waals surface area contributed by atoms with Gasteiger partial charge in [-0.1, -0.05) is 6.92 Å². The highest BCUT2D eigenvalue weighted by atomic mass is 31.2. The smallest absolute Gasteiger partial charge is 0.404 e. The molecule has 0 saturated carbocycles. The maximum absolute atomic E-state index is 10.7. The van der Waals surface area contributed by atoms with Crippen molar-refractivity contribution < 1.29 is 28.9 Å². The van der Waals surface area contributed by atoms with Crippen molar-refractivity contribution in [3.05, 3.63) is 33.9 Å². The third kappa shape index (κ3) is 3.78. The molecule has 1 rings (SSSR count). The minimum atomic E-state index is -4.78. The molecule has 0 aliphatic heterocycles. The van der Waals surface area contributed by atoms with Crippen LogP contribution in [0, 0.1) is 10.1 Å². The van der Waals surface area contributed by atoms with Crippen LogP contribution in [-0.4, -0.2) is 19.8 Å². The van der Waals surface area contributed by atoms with Gasteiger partial charge in [-0.15, -0.1) is 0 Å². The molecular weight excluding hydrogens is 265 g/mol. The Labute approximate surface area is 102 Å². The molecule has 0 radical (unpaired) electrons. The third-order valence-corrected chi connectivity index (χ3v) is 2.60. The number of nitro groups is 1. The van der Waals surface area contributed by atoms with Crippen molar-refractivity contribution in [1.82, 2.24) is 0 Å². The van der Waals surface area contributed by atoms with Gasteiger partial charge in [-0.25, -0.2) is 4.57 Å². The first kappa shape index (κ1) is 14.6. The molecule has 0 aliphatic carbocycles. The van der Waals surface area contributed by atoms with Crippen molar-refractivity contribution >= 4 is 13.5 Å². The van der Waals surface area contributed by atoms with Crippen molar-refractivity contribution in [2.24, 2.45) is 0 Å². The third-order valence-electron chi connectivity index (χ3n) is 2.17. The number of phosphoric acid groups is 1. The first-order chi connectivity index (χ1) is 8.24. The van der Waals surface area contributed by atoms with Crippen LogP contribution in [0.25, 0.3) is 0 Å². The summed E-state index contributed by atoms with van der Waals surface area (Å²) in [7, 11) is -4.78. The Balaban J connectivity index is 3.25. The fourth-order valence-electron chi connectivity index (χ4n) is 1.34. The lowest BCUT2D eigenvalue weighted by Gasteiger charge is -2.14. The van der Waals surface area contributed by atoms with E-state index >= 15 is 0 Å². The van der Waals surface area contributed by atoms with Crippen LogP contribution in [0.2, 0.25) is 0 Å². The van der Waals surface area contributed by atoms with Crippen LogP contribution >= 0.6 is 7.82 Å². The molecule has 0 saturated heterocycles. The van der Waals surface area contributed by atoms with Gasteiger partial charge in [0.1, 0.15) is 5.75 Å². The lowest BCUT2D eigenvalue weighted by molar-refractivity contribution is -0.385. The van der Waals surface area contributed by atoms with Gasteiger partial charge in [0, 0.05) is 17.7 Å². The summed E-state index contributed by atoms with van der Waals surface area (Å²) in [5.41, 5.74) is -0.328. The number of rotatable bonds is 5. The zero-order valence-electron chi connectivity index (χ0n) is 9.39. The maximum atomic E-state index is 10.7. The summed E-state index contributed by atoms with van der Waals surface area (Å²) in [6.45, 7) is 1.62. The summed E-state index contributed by atoms with van der Waals surface area (Å²) in [6, 6.07) is 3.11. The normalized spacial score (nSPS) is 13.1. The summed E-state index contributed by atoms with van der Waals surface area (Å²) < 4.78 is 15.1. The molecule has 8 nitrogen and oxygen atoms in total. The number of aliphatic hydroxyl groups is 1. The zero-order chi connectivity index (χ0) is 13.9. The van der Waals surface area contributed by atoms with E-state index in [1.54, 1.807) is 6.92 Å². The van der Waals surface area contributed by atoms with Gasteiger partial charge in [0.2, 0.25) is 0 Å². The van der Waals surface area contributed by atoms with Crippen molar-refractivity contribution in [2.45, 2.75) is 19.4 Å². The van der Waals surface area contributed by atoms with E-state index in [1.165, 1.54) is 0 Å². The van der Waals surface area contributed by atoms with Crippen LogP contribution in [0.4, 0.5) is 5.69 Å². The van der Waals surface area contributed by atoms with Crippen LogP contribution in [-0.2, 0) is 4.57 Å². The Bertz CT molecular complexity index is 498. The number of hydrogen-bond acceptors (Lipinski definition) is 5. The Morgan fingerprint density at radius 3 is 2.56 bits per heavy atom. The fourth-order valence-corrected chi connectivity index (χ4v) is 1.76. The van der Waals surface area contributed by atoms with Crippen LogP contribution < -0.4 is 4.52 Å². The van der Waals surface area contributed by atoms with Gasteiger partial charge in [0.05, 0.1) is 11.0 Å². The van der Waals surface area contributed by atoms with Gasteiger partial charge < -0.3 is 9.63 Å². The molecule has 0 amide bonds. The molecule has 0 aromatic heterocycles. The number of nitrogens with zero attached hydrogens (tertiary/aromatic N) is 1. The summed E-state index contributed by atoms with van der Waals surface area (Å²) in [5, 5.41) is 20.2. The van der Waals surface area contributed by atoms with Gasteiger partial charge in [0.15, 0.2) is 0 Å². The molecule has 1 unspecified atom stereocenters. The topological polar surface area (TPSA) is 130 Å². The lowest BCUT2D eigenvalue weighted by atomic mass is 10.1. The highest BCUT2D eigenvalue weighted by molar-refractivity contribution is 7.46. The summed E-state index contributed by atoms with van der Waals surface area (Å²) >= 11 is 0. The van der Waals surface area contributed by atoms with E-state index < -0.39 is 18.8 Å². The van der Waals surface area contributed by atoms with E-state index in [0.717, 1.165) is 18.2 Å². The van der Waals surface area contributed by atoms with Crippen LogP contribution in [0.3, 0.4) is 0 Å².